The number of ketones is 2. The fourth-order valence-electron chi connectivity index (χ4n) is 7.63. The zero-order valence-corrected chi connectivity index (χ0v) is 31.2. The van der Waals surface area contributed by atoms with Gasteiger partial charge in [0.05, 0.1) is 22.3 Å². The van der Waals surface area contributed by atoms with Gasteiger partial charge in [0.25, 0.3) is 5.56 Å². The Morgan fingerprint density at radius 3 is 2.17 bits per heavy atom. The average molecular weight is 703 g/mol. The van der Waals surface area contributed by atoms with Crippen molar-refractivity contribution in [2.75, 3.05) is 5.32 Å². The summed E-state index contributed by atoms with van der Waals surface area (Å²) in [5.74, 6) is 0.381. The third-order valence-corrected chi connectivity index (χ3v) is 10.7. The molecule has 0 spiro atoms. The molecule has 0 saturated carbocycles. The summed E-state index contributed by atoms with van der Waals surface area (Å²) in [7, 11) is 0. The number of hydrogen-bond acceptors (Lipinski definition) is 5. The molecule has 6 aromatic rings. The number of aromatic nitrogens is 1. The van der Waals surface area contributed by atoms with Crippen molar-refractivity contribution >= 4 is 33.8 Å². The highest BCUT2D eigenvalue weighted by atomic mass is 16.5. The van der Waals surface area contributed by atoms with E-state index in [4.69, 9.17) is 4.74 Å². The number of unbranched alkanes of at least 4 members (excludes halogenated alkanes) is 5. The molecule has 0 amide bonds. The van der Waals surface area contributed by atoms with Crippen LogP contribution in [-0.2, 0) is 6.42 Å². The summed E-state index contributed by atoms with van der Waals surface area (Å²) in [4.78, 5) is 46.1. The minimum atomic E-state index is -0.544. The molecule has 0 aliphatic heterocycles. The quantitative estimate of drug-likeness (QED) is 0.0922. The maximum Gasteiger partial charge on any atom is 0.260 e. The van der Waals surface area contributed by atoms with Gasteiger partial charge in [-0.05, 0) is 86.1 Å². The molecule has 6 nitrogen and oxygen atoms in total. The maximum absolute atomic E-state index is 14.6. The fourth-order valence-corrected chi connectivity index (χ4v) is 7.63. The number of carbonyl (C=O) groups excluding carboxylic acids is 2. The molecule has 6 heteroatoms. The van der Waals surface area contributed by atoms with E-state index in [1.54, 1.807) is 30.3 Å². The third kappa shape index (κ3) is 6.82. The number of anilines is 2. The van der Waals surface area contributed by atoms with Gasteiger partial charge in [-0.15, -0.1) is 0 Å². The standard InChI is InChI=1S/C47H46N2O4/c1-6-7-8-9-10-12-17-32-24-25-34(26-30(32)4)53-38-27-37(48-43-29(3)23-22-28(2)31(43)5)40-41-39(35-20-15-16-21-36(35)46(40)51)42(47(52)49-44(38)41)45(50)33-18-13-11-14-19-33/h11,13-16,18-27,48H,6-10,12,17H2,1-5H3,(H,49,52). The highest BCUT2D eigenvalue weighted by Gasteiger charge is 2.35. The number of aromatic amines is 1. The van der Waals surface area contributed by atoms with E-state index in [-0.39, 0.29) is 11.3 Å². The lowest BCUT2D eigenvalue weighted by Gasteiger charge is -2.26. The number of pyridine rings is 1. The SMILES string of the molecule is CCCCCCCCc1ccc(Oc2cc(Nc3c(C)ccc(C)c3C)c3c4c(c(C(=O)c5ccccc5)c(=O)[nH]c24)-c2ccccc2C3=O)cc1C. The Hall–Kier alpha value is -5.75. The van der Waals surface area contributed by atoms with Crippen molar-refractivity contribution in [3.63, 3.8) is 0 Å². The number of aryl methyl sites for hydroxylation is 4. The van der Waals surface area contributed by atoms with E-state index in [0.29, 0.717) is 55.9 Å². The molecule has 2 N–H and O–H groups in total. The van der Waals surface area contributed by atoms with E-state index in [2.05, 4.69) is 56.2 Å². The van der Waals surface area contributed by atoms with Crippen LogP contribution in [0.25, 0.3) is 22.0 Å². The van der Waals surface area contributed by atoms with Crippen molar-refractivity contribution in [2.45, 2.75) is 79.6 Å². The Morgan fingerprint density at radius 2 is 1.42 bits per heavy atom. The molecule has 53 heavy (non-hydrogen) atoms. The van der Waals surface area contributed by atoms with Crippen molar-refractivity contribution in [3.05, 3.63) is 151 Å². The van der Waals surface area contributed by atoms with Gasteiger partial charge in [-0.3, -0.25) is 14.4 Å². The second-order valence-corrected chi connectivity index (χ2v) is 14.4. The third-order valence-electron chi connectivity index (χ3n) is 10.7. The summed E-state index contributed by atoms with van der Waals surface area (Å²) in [5, 5.41) is 4.10. The number of ether oxygens (including phenoxy) is 1. The zero-order chi connectivity index (χ0) is 37.2. The van der Waals surface area contributed by atoms with Gasteiger partial charge in [-0.2, -0.15) is 0 Å². The van der Waals surface area contributed by atoms with E-state index in [0.717, 1.165) is 40.8 Å². The molecule has 1 heterocycles. The molecular formula is C47H46N2O4. The minimum Gasteiger partial charge on any atom is -0.455 e. The Morgan fingerprint density at radius 1 is 0.717 bits per heavy atom. The Bertz CT molecular complexity index is 2440. The molecule has 1 aromatic heterocycles. The number of nitrogens with one attached hydrogen (secondary N) is 2. The van der Waals surface area contributed by atoms with E-state index < -0.39 is 11.3 Å². The number of hydrogen-bond donors (Lipinski definition) is 2. The highest BCUT2D eigenvalue weighted by molar-refractivity contribution is 6.31. The number of H-pyrrole nitrogens is 1. The summed E-state index contributed by atoms with van der Waals surface area (Å²) in [5.41, 5.74) is 9.01. The zero-order valence-electron chi connectivity index (χ0n) is 31.2. The van der Waals surface area contributed by atoms with Gasteiger partial charge in [0, 0.05) is 33.8 Å². The van der Waals surface area contributed by atoms with Crippen molar-refractivity contribution in [1.29, 1.82) is 0 Å². The van der Waals surface area contributed by atoms with Crippen LogP contribution in [0.2, 0.25) is 0 Å². The van der Waals surface area contributed by atoms with E-state index >= 15 is 0 Å². The summed E-state index contributed by atoms with van der Waals surface area (Å²) in [6.45, 7) is 10.5. The van der Waals surface area contributed by atoms with Gasteiger partial charge >= 0.3 is 0 Å². The second kappa shape index (κ2) is 15.1. The first-order chi connectivity index (χ1) is 25.7. The molecule has 0 atom stereocenters. The lowest BCUT2D eigenvalue weighted by Crippen LogP contribution is -2.24. The Balaban J connectivity index is 1.43. The van der Waals surface area contributed by atoms with Gasteiger partial charge in [0.2, 0.25) is 0 Å². The molecule has 1 aliphatic rings. The van der Waals surface area contributed by atoms with Gasteiger partial charge < -0.3 is 15.0 Å². The Kier molecular flexibility index (Phi) is 10.1. The summed E-state index contributed by atoms with van der Waals surface area (Å²) in [6, 6.07) is 28.1. The molecule has 0 fully saturated rings. The second-order valence-electron chi connectivity index (χ2n) is 14.4. The first kappa shape index (κ1) is 35.6. The van der Waals surface area contributed by atoms with Crippen molar-refractivity contribution in [2.24, 2.45) is 0 Å². The summed E-state index contributed by atoms with van der Waals surface area (Å²) in [6.07, 6.45) is 8.47. The molecule has 5 aromatic carbocycles. The molecule has 268 valence electrons. The predicted octanol–water partition coefficient (Wildman–Crippen LogP) is 11.6. The number of rotatable bonds is 13. The van der Waals surface area contributed by atoms with E-state index in [1.165, 1.54) is 37.7 Å². The van der Waals surface area contributed by atoms with Gasteiger partial charge in [-0.25, -0.2) is 0 Å². The number of benzene rings is 5. The van der Waals surface area contributed by atoms with Crippen molar-refractivity contribution < 1.29 is 14.3 Å². The van der Waals surface area contributed by atoms with Crippen LogP contribution in [0.15, 0.2) is 95.8 Å². The van der Waals surface area contributed by atoms with Crippen LogP contribution in [-0.4, -0.2) is 16.6 Å². The van der Waals surface area contributed by atoms with Crippen molar-refractivity contribution in [3.8, 4) is 22.6 Å². The molecule has 0 unspecified atom stereocenters. The summed E-state index contributed by atoms with van der Waals surface area (Å²) >= 11 is 0. The normalized spacial score (nSPS) is 11.8. The van der Waals surface area contributed by atoms with Crippen molar-refractivity contribution in [1.82, 2.24) is 4.98 Å². The molecule has 7 rings (SSSR count). The number of fused-ring (bicyclic) bond motifs is 2. The molecular weight excluding hydrogens is 657 g/mol. The molecule has 0 radical (unpaired) electrons. The van der Waals surface area contributed by atoms with Gasteiger partial charge in [0.15, 0.2) is 17.3 Å². The van der Waals surface area contributed by atoms with Crippen LogP contribution < -0.4 is 15.6 Å². The monoisotopic (exact) mass is 702 g/mol. The van der Waals surface area contributed by atoms with Gasteiger partial charge in [0.1, 0.15) is 5.75 Å². The van der Waals surface area contributed by atoms with Crippen LogP contribution >= 0.6 is 0 Å². The van der Waals surface area contributed by atoms with E-state index in [9.17, 15) is 14.4 Å². The lowest BCUT2D eigenvalue weighted by molar-refractivity contribution is 0.102. The molecule has 1 aliphatic carbocycles. The van der Waals surface area contributed by atoms with Gasteiger partial charge in [-0.1, -0.05) is 112 Å². The van der Waals surface area contributed by atoms with E-state index in [1.807, 2.05) is 49.4 Å². The summed E-state index contributed by atoms with van der Waals surface area (Å²) < 4.78 is 6.70. The maximum atomic E-state index is 14.6. The molecule has 0 saturated heterocycles. The average Bonchev–Trinajstić information content (AvgIpc) is 3.16. The number of carbonyl (C=O) groups is 2. The smallest absolute Gasteiger partial charge is 0.260 e. The van der Waals surface area contributed by atoms with Crippen LogP contribution in [0, 0.1) is 27.7 Å². The van der Waals surface area contributed by atoms with Crippen LogP contribution in [0.3, 0.4) is 0 Å². The molecule has 0 bridgehead atoms. The lowest BCUT2D eigenvalue weighted by atomic mass is 9.80. The highest BCUT2D eigenvalue weighted by Crippen LogP contribution is 2.47. The predicted molar refractivity (Wildman–Crippen MR) is 216 cm³/mol. The topological polar surface area (TPSA) is 88.3 Å². The van der Waals surface area contributed by atoms with Crippen LogP contribution in [0.5, 0.6) is 11.5 Å². The van der Waals surface area contributed by atoms with Crippen LogP contribution in [0.4, 0.5) is 11.4 Å². The Labute approximate surface area is 311 Å². The minimum absolute atomic E-state index is 0.00851. The fraction of sp³-hybridized carbons (Fsp3) is 0.255. The van der Waals surface area contributed by atoms with Crippen LogP contribution in [0.1, 0.15) is 105 Å². The first-order valence-electron chi connectivity index (χ1n) is 18.8. The largest absolute Gasteiger partial charge is 0.455 e. The first-order valence-corrected chi connectivity index (χ1v) is 18.8.